The molecular formula is C21H30N4O4. The standard InChI is InChI=1S/C21H30N4O4/c1-14(26)16-5-3-7-23(12-16)19-9-18(11-22)21(25(28)29)20(10-19)24-8-4-6-17(13-24)15(2)27/h9-10,14-17,26-27H,3-8,12-13H2,1-2H3. The number of anilines is 2. The summed E-state index contributed by atoms with van der Waals surface area (Å²) >= 11 is 0. The summed E-state index contributed by atoms with van der Waals surface area (Å²) in [6.07, 6.45) is 2.70. The number of nitro benzene ring substituents is 1. The average Bonchev–Trinajstić information content (AvgIpc) is 2.72. The molecule has 0 aromatic heterocycles. The van der Waals surface area contributed by atoms with E-state index in [1.807, 2.05) is 17.0 Å². The summed E-state index contributed by atoms with van der Waals surface area (Å²) in [5, 5.41) is 41.5. The first-order chi connectivity index (χ1) is 13.8. The largest absolute Gasteiger partial charge is 0.393 e. The van der Waals surface area contributed by atoms with Gasteiger partial charge in [-0.3, -0.25) is 10.1 Å². The second kappa shape index (κ2) is 8.97. The molecule has 4 unspecified atom stereocenters. The molecule has 1 aromatic carbocycles. The number of rotatable bonds is 5. The molecule has 1 aromatic rings. The van der Waals surface area contributed by atoms with Crippen molar-refractivity contribution in [2.45, 2.75) is 51.7 Å². The maximum atomic E-state index is 11.8. The number of hydrogen-bond donors (Lipinski definition) is 2. The van der Waals surface area contributed by atoms with Gasteiger partial charge in [0.2, 0.25) is 0 Å². The minimum atomic E-state index is -0.482. The Kier molecular flexibility index (Phi) is 6.60. The molecule has 3 rings (SSSR count). The fraction of sp³-hybridized carbons (Fsp3) is 0.667. The third-order valence-corrected chi connectivity index (χ3v) is 6.36. The molecule has 2 heterocycles. The summed E-state index contributed by atoms with van der Waals surface area (Å²) < 4.78 is 0. The molecular weight excluding hydrogens is 372 g/mol. The summed E-state index contributed by atoms with van der Waals surface area (Å²) in [6.45, 7) is 6.19. The van der Waals surface area contributed by atoms with E-state index in [2.05, 4.69) is 4.90 Å². The SMILES string of the molecule is CC(O)C1CCCN(c2cc(C#N)c([N+](=O)[O-])c(N3CCCC(C(C)O)C3)c2)C1. The van der Waals surface area contributed by atoms with Crippen molar-refractivity contribution in [2.75, 3.05) is 36.0 Å². The van der Waals surface area contributed by atoms with Crippen molar-refractivity contribution in [3.63, 3.8) is 0 Å². The van der Waals surface area contributed by atoms with Crippen molar-refractivity contribution in [3.8, 4) is 6.07 Å². The van der Waals surface area contributed by atoms with Crippen molar-refractivity contribution >= 4 is 17.1 Å². The lowest BCUT2D eigenvalue weighted by molar-refractivity contribution is -0.384. The van der Waals surface area contributed by atoms with Gasteiger partial charge >= 0.3 is 5.69 Å². The Hall–Kier alpha value is -2.37. The topological polar surface area (TPSA) is 114 Å². The zero-order valence-corrected chi connectivity index (χ0v) is 17.1. The lowest BCUT2D eigenvalue weighted by atomic mass is 9.92. The molecule has 2 aliphatic heterocycles. The van der Waals surface area contributed by atoms with Crippen LogP contribution in [0.5, 0.6) is 0 Å². The quantitative estimate of drug-likeness (QED) is 0.575. The normalized spacial score (nSPS) is 24.7. The third kappa shape index (κ3) is 4.62. The van der Waals surface area contributed by atoms with Crippen LogP contribution < -0.4 is 9.80 Å². The van der Waals surface area contributed by atoms with Gasteiger partial charge in [0.15, 0.2) is 0 Å². The van der Waals surface area contributed by atoms with Gasteiger partial charge in [-0.25, -0.2) is 0 Å². The van der Waals surface area contributed by atoms with E-state index in [4.69, 9.17) is 0 Å². The van der Waals surface area contributed by atoms with E-state index in [0.717, 1.165) is 37.9 Å². The first-order valence-electron chi connectivity index (χ1n) is 10.4. The molecule has 2 fully saturated rings. The monoisotopic (exact) mass is 402 g/mol. The van der Waals surface area contributed by atoms with E-state index in [0.29, 0.717) is 25.3 Å². The van der Waals surface area contributed by atoms with Gasteiger partial charge in [0, 0.05) is 43.7 Å². The molecule has 0 amide bonds. The Morgan fingerprint density at radius 1 is 1.10 bits per heavy atom. The summed E-state index contributed by atoms with van der Waals surface area (Å²) in [6, 6.07) is 5.42. The second-order valence-electron chi connectivity index (χ2n) is 8.41. The van der Waals surface area contributed by atoms with E-state index in [1.165, 1.54) is 0 Å². The highest BCUT2D eigenvalue weighted by atomic mass is 16.6. The van der Waals surface area contributed by atoms with Crippen LogP contribution in [-0.2, 0) is 0 Å². The first-order valence-corrected chi connectivity index (χ1v) is 10.4. The molecule has 4 atom stereocenters. The zero-order valence-electron chi connectivity index (χ0n) is 17.1. The van der Waals surface area contributed by atoms with Gasteiger partial charge in [0.25, 0.3) is 0 Å². The van der Waals surface area contributed by atoms with Crippen molar-refractivity contribution in [1.29, 1.82) is 5.26 Å². The van der Waals surface area contributed by atoms with E-state index in [9.17, 15) is 25.6 Å². The highest BCUT2D eigenvalue weighted by Gasteiger charge is 2.32. The molecule has 0 saturated carbocycles. The summed E-state index contributed by atoms with van der Waals surface area (Å²) in [4.78, 5) is 15.4. The molecule has 0 spiro atoms. The minimum absolute atomic E-state index is 0.0483. The zero-order chi connectivity index (χ0) is 21.1. The predicted molar refractivity (Wildman–Crippen MR) is 111 cm³/mol. The van der Waals surface area contributed by atoms with Crippen LogP contribution in [0.15, 0.2) is 12.1 Å². The molecule has 29 heavy (non-hydrogen) atoms. The third-order valence-electron chi connectivity index (χ3n) is 6.36. The number of nitro groups is 1. The highest BCUT2D eigenvalue weighted by Crippen LogP contribution is 2.39. The minimum Gasteiger partial charge on any atom is -0.393 e. The number of piperidine rings is 2. The van der Waals surface area contributed by atoms with Crippen LogP contribution in [0, 0.1) is 33.3 Å². The second-order valence-corrected chi connectivity index (χ2v) is 8.41. The molecule has 2 aliphatic rings. The lowest BCUT2D eigenvalue weighted by Gasteiger charge is -2.38. The van der Waals surface area contributed by atoms with Gasteiger partial charge in [-0.2, -0.15) is 5.26 Å². The van der Waals surface area contributed by atoms with Crippen LogP contribution in [0.1, 0.15) is 45.1 Å². The number of nitrogens with zero attached hydrogens (tertiary/aromatic N) is 4. The average molecular weight is 402 g/mol. The molecule has 0 bridgehead atoms. The van der Waals surface area contributed by atoms with Gasteiger partial charge in [-0.1, -0.05) is 0 Å². The fourth-order valence-electron chi connectivity index (χ4n) is 4.57. The van der Waals surface area contributed by atoms with Crippen LogP contribution in [-0.4, -0.2) is 53.5 Å². The van der Waals surface area contributed by atoms with E-state index < -0.39 is 17.1 Å². The molecule has 8 nitrogen and oxygen atoms in total. The van der Waals surface area contributed by atoms with Crippen LogP contribution in [0.4, 0.5) is 17.1 Å². The molecule has 2 saturated heterocycles. The number of aliphatic hydroxyl groups excluding tert-OH is 2. The van der Waals surface area contributed by atoms with E-state index in [-0.39, 0.29) is 23.1 Å². The Morgan fingerprint density at radius 2 is 1.66 bits per heavy atom. The van der Waals surface area contributed by atoms with Crippen LogP contribution in [0.25, 0.3) is 0 Å². The van der Waals surface area contributed by atoms with Crippen molar-refractivity contribution in [3.05, 3.63) is 27.8 Å². The van der Waals surface area contributed by atoms with E-state index in [1.54, 1.807) is 19.9 Å². The summed E-state index contributed by atoms with van der Waals surface area (Å²) in [5.74, 6) is 0.190. The summed E-state index contributed by atoms with van der Waals surface area (Å²) in [5.41, 5.74) is 1.13. The Bertz CT molecular complexity index is 790. The molecule has 2 N–H and O–H groups in total. The first kappa shape index (κ1) is 21.3. The molecule has 0 radical (unpaired) electrons. The highest BCUT2D eigenvalue weighted by molar-refractivity contribution is 5.76. The van der Waals surface area contributed by atoms with Gasteiger partial charge in [0.1, 0.15) is 17.3 Å². The number of hydrogen-bond acceptors (Lipinski definition) is 7. The van der Waals surface area contributed by atoms with Crippen LogP contribution in [0.3, 0.4) is 0 Å². The van der Waals surface area contributed by atoms with Gasteiger partial charge in [-0.05, 0) is 51.7 Å². The lowest BCUT2D eigenvalue weighted by Crippen LogP contribution is -2.41. The van der Waals surface area contributed by atoms with Gasteiger partial charge in [0.05, 0.1) is 17.1 Å². The molecule has 0 aliphatic carbocycles. The van der Waals surface area contributed by atoms with Crippen molar-refractivity contribution < 1.29 is 15.1 Å². The maximum absolute atomic E-state index is 11.8. The molecule has 158 valence electrons. The maximum Gasteiger partial charge on any atom is 0.310 e. The van der Waals surface area contributed by atoms with Crippen LogP contribution in [0.2, 0.25) is 0 Å². The smallest absolute Gasteiger partial charge is 0.310 e. The Labute approximate surface area is 171 Å². The fourth-order valence-corrected chi connectivity index (χ4v) is 4.57. The van der Waals surface area contributed by atoms with E-state index >= 15 is 0 Å². The van der Waals surface area contributed by atoms with Crippen molar-refractivity contribution in [1.82, 2.24) is 0 Å². The Balaban J connectivity index is 2.01. The number of aliphatic hydroxyl groups is 2. The van der Waals surface area contributed by atoms with Gasteiger partial charge in [-0.15, -0.1) is 0 Å². The predicted octanol–water partition coefficient (Wildman–Crippen LogP) is 2.66. The number of benzene rings is 1. The molecule has 8 heteroatoms. The van der Waals surface area contributed by atoms with Gasteiger partial charge < -0.3 is 20.0 Å². The summed E-state index contributed by atoms with van der Waals surface area (Å²) in [7, 11) is 0. The van der Waals surface area contributed by atoms with Crippen molar-refractivity contribution in [2.24, 2.45) is 11.8 Å². The Morgan fingerprint density at radius 3 is 2.17 bits per heavy atom. The number of nitriles is 1. The van der Waals surface area contributed by atoms with Crippen LogP contribution >= 0.6 is 0 Å².